The molecule has 0 aliphatic carbocycles. The van der Waals surface area contributed by atoms with Crippen molar-refractivity contribution in [3.8, 4) is 11.5 Å². The summed E-state index contributed by atoms with van der Waals surface area (Å²) in [6.45, 7) is -10.7. The molecule has 0 saturated heterocycles. The Bertz CT molecular complexity index is 1050. The first-order chi connectivity index (χ1) is 18.9. The number of hydrogen-bond acceptors (Lipinski definition) is 4. The fourth-order valence-corrected chi connectivity index (χ4v) is 2.85. The zero-order valence-corrected chi connectivity index (χ0v) is 17.2. The van der Waals surface area contributed by atoms with Crippen LogP contribution in [0.4, 0.5) is 0 Å². The minimum atomic E-state index is -2.95. The second-order valence-electron chi connectivity index (χ2n) is 6.74. The van der Waals surface area contributed by atoms with Crippen LogP contribution in [0.3, 0.4) is 0 Å². The lowest BCUT2D eigenvalue weighted by Gasteiger charge is -2.08. The van der Waals surface area contributed by atoms with Crippen molar-refractivity contribution < 1.29 is 32.8 Å². The standard InChI is InChI=1S/C25H34N2O4/c1-3-30-22-14-10-20(11-15-22)24(28)26-18-8-6-5-7-9-19-27-25(29)21-12-16-23(17-13-21)31-4-2/h10-17H,3-9,18-19H2,1-2H3,(H,26,28)(H,27,29)/i1D3,2D3,3D2,4D2. The van der Waals surface area contributed by atoms with Gasteiger partial charge in [-0.3, -0.25) is 9.59 Å². The average molecular weight is 437 g/mol. The maximum atomic E-state index is 12.3. The summed E-state index contributed by atoms with van der Waals surface area (Å²) in [4.78, 5) is 24.5. The normalized spacial score (nSPS) is 16.9. The molecule has 0 aliphatic heterocycles. The van der Waals surface area contributed by atoms with Gasteiger partial charge >= 0.3 is 0 Å². The van der Waals surface area contributed by atoms with Crippen LogP contribution >= 0.6 is 0 Å². The third-order valence-corrected chi connectivity index (χ3v) is 4.50. The molecule has 2 amide bonds. The van der Waals surface area contributed by atoms with E-state index in [2.05, 4.69) is 10.6 Å². The first-order valence-corrected chi connectivity index (χ1v) is 10.1. The summed E-state index contributed by atoms with van der Waals surface area (Å²) < 4.78 is 82.8. The zero-order chi connectivity index (χ0) is 30.9. The van der Waals surface area contributed by atoms with Gasteiger partial charge in [0.2, 0.25) is 0 Å². The Morgan fingerprint density at radius 1 is 0.710 bits per heavy atom. The number of nitrogens with one attached hydrogen (secondary N) is 2. The van der Waals surface area contributed by atoms with E-state index in [1.165, 1.54) is 48.5 Å². The van der Waals surface area contributed by atoms with Gasteiger partial charge in [0.25, 0.3) is 11.8 Å². The lowest BCUT2D eigenvalue weighted by atomic mass is 10.1. The van der Waals surface area contributed by atoms with E-state index in [0.717, 1.165) is 32.1 Å². The van der Waals surface area contributed by atoms with Crippen molar-refractivity contribution in [2.24, 2.45) is 0 Å². The van der Waals surface area contributed by atoms with E-state index in [1.54, 1.807) is 0 Å². The Morgan fingerprint density at radius 3 is 1.48 bits per heavy atom. The van der Waals surface area contributed by atoms with Gasteiger partial charge < -0.3 is 20.1 Å². The summed E-state index contributed by atoms with van der Waals surface area (Å²) in [7, 11) is 0. The molecule has 2 aromatic carbocycles. The van der Waals surface area contributed by atoms with Crippen molar-refractivity contribution in [3.05, 3.63) is 59.7 Å². The molecule has 0 fully saturated rings. The second-order valence-corrected chi connectivity index (χ2v) is 6.74. The van der Waals surface area contributed by atoms with Crippen molar-refractivity contribution in [3.63, 3.8) is 0 Å². The number of benzene rings is 2. The van der Waals surface area contributed by atoms with Gasteiger partial charge in [0.1, 0.15) is 11.5 Å². The Hall–Kier alpha value is -3.02. The summed E-state index contributed by atoms with van der Waals surface area (Å²) in [6, 6.07) is 11.1. The molecule has 0 saturated carbocycles. The minimum absolute atomic E-state index is 0.000314. The fraction of sp³-hybridized carbons (Fsp3) is 0.440. The molecule has 31 heavy (non-hydrogen) atoms. The van der Waals surface area contributed by atoms with Gasteiger partial charge in [-0.2, -0.15) is 0 Å². The Morgan fingerprint density at radius 2 is 1.10 bits per heavy atom. The third kappa shape index (κ3) is 9.11. The maximum Gasteiger partial charge on any atom is 0.251 e. The van der Waals surface area contributed by atoms with Crippen LogP contribution in [-0.4, -0.2) is 38.0 Å². The predicted octanol–water partition coefficient (Wildman–Crippen LogP) is 4.59. The van der Waals surface area contributed by atoms with Crippen LogP contribution in [-0.2, 0) is 0 Å². The SMILES string of the molecule is [2H]C([2H])([2H])C([2H])([2H])Oc1ccc(C(=O)NCCCCCCCNC(=O)c2ccc(OC([2H])([2H])C([2H])([2H])[2H])cc2)cc1. The summed E-state index contributed by atoms with van der Waals surface area (Å²) >= 11 is 0. The van der Waals surface area contributed by atoms with Crippen LogP contribution in [0.2, 0.25) is 0 Å². The molecule has 2 aromatic rings. The number of carbonyl (C=O) groups is 2. The monoisotopic (exact) mass is 436 g/mol. The molecule has 0 atom stereocenters. The van der Waals surface area contributed by atoms with E-state index in [9.17, 15) is 9.59 Å². The molecular formula is C25H34N2O4. The molecule has 0 aromatic heterocycles. The number of unbranched alkanes of at least 4 members (excludes halogenated alkanes) is 4. The predicted molar refractivity (Wildman–Crippen MR) is 123 cm³/mol. The van der Waals surface area contributed by atoms with Crippen LogP contribution in [0, 0.1) is 0 Å². The van der Waals surface area contributed by atoms with E-state index >= 15 is 0 Å². The van der Waals surface area contributed by atoms with Gasteiger partial charge in [-0.15, -0.1) is 0 Å². The van der Waals surface area contributed by atoms with E-state index in [4.69, 9.17) is 23.2 Å². The average Bonchev–Trinajstić information content (AvgIpc) is 2.86. The van der Waals surface area contributed by atoms with Crippen molar-refractivity contribution >= 4 is 11.8 Å². The smallest absolute Gasteiger partial charge is 0.251 e. The first-order valence-electron chi connectivity index (χ1n) is 15.1. The van der Waals surface area contributed by atoms with Crippen molar-refractivity contribution in [2.75, 3.05) is 26.2 Å². The quantitative estimate of drug-likeness (QED) is 0.425. The van der Waals surface area contributed by atoms with Crippen LogP contribution < -0.4 is 20.1 Å². The van der Waals surface area contributed by atoms with Crippen LogP contribution in [0.1, 0.15) is 80.2 Å². The van der Waals surface area contributed by atoms with Gasteiger partial charge in [-0.25, -0.2) is 0 Å². The number of hydrogen-bond donors (Lipinski definition) is 2. The second kappa shape index (κ2) is 14.1. The molecule has 0 bridgehead atoms. The fourth-order valence-electron chi connectivity index (χ4n) is 2.85. The molecule has 2 N–H and O–H groups in total. The van der Waals surface area contributed by atoms with E-state index < -0.39 is 26.8 Å². The van der Waals surface area contributed by atoms with Crippen LogP contribution in [0.15, 0.2) is 48.5 Å². The molecule has 6 nitrogen and oxygen atoms in total. The van der Waals surface area contributed by atoms with E-state index in [-0.39, 0.29) is 23.3 Å². The zero-order valence-electron chi connectivity index (χ0n) is 27.2. The van der Waals surface area contributed by atoms with Gasteiger partial charge in [0.05, 0.1) is 18.6 Å². The molecule has 0 radical (unpaired) electrons. The van der Waals surface area contributed by atoms with E-state index in [0.29, 0.717) is 24.2 Å². The van der Waals surface area contributed by atoms with E-state index in [1.807, 2.05) is 0 Å². The first kappa shape index (κ1) is 13.4. The highest BCUT2D eigenvalue weighted by atomic mass is 16.5. The lowest BCUT2D eigenvalue weighted by molar-refractivity contribution is 0.0945. The highest BCUT2D eigenvalue weighted by Gasteiger charge is 2.06. The largest absolute Gasteiger partial charge is 0.494 e. The van der Waals surface area contributed by atoms with Gasteiger partial charge in [-0.05, 0) is 75.1 Å². The summed E-state index contributed by atoms with van der Waals surface area (Å²) in [6.07, 6.45) is 4.16. The molecule has 0 spiro atoms. The van der Waals surface area contributed by atoms with Crippen LogP contribution in [0.5, 0.6) is 11.5 Å². The molecule has 6 heteroatoms. The number of rotatable bonds is 14. The topological polar surface area (TPSA) is 76.7 Å². The number of amides is 2. The summed E-state index contributed by atoms with van der Waals surface area (Å²) in [5, 5.41) is 5.58. The minimum Gasteiger partial charge on any atom is -0.494 e. The Kier molecular flexibility index (Phi) is 6.08. The highest BCUT2D eigenvalue weighted by molar-refractivity contribution is 5.94. The highest BCUT2D eigenvalue weighted by Crippen LogP contribution is 2.13. The summed E-state index contributed by atoms with van der Waals surface area (Å²) in [5.74, 6) is -0.622. The molecule has 168 valence electrons. The van der Waals surface area contributed by atoms with Gasteiger partial charge in [-0.1, -0.05) is 19.3 Å². The molecule has 0 unspecified atom stereocenters. The number of carbonyl (C=O) groups excluding carboxylic acids is 2. The van der Waals surface area contributed by atoms with Gasteiger partial charge in [0.15, 0.2) is 0 Å². The van der Waals surface area contributed by atoms with Gasteiger partial charge in [0, 0.05) is 32.4 Å². The number of ether oxygens (including phenoxy) is 2. The van der Waals surface area contributed by atoms with Crippen molar-refractivity contribution in [1.29, 1.82) is 0 Å². The Labute approximate surface area is 199 Å². The molecule has 0 heterocycles. The van der Waals surface area contributed by atoms with Crippen molar-refractivity contribution in [2.45, 2.75) is 45.8 Å². The molecule has 0 aliphatic rings. The van der Waals surface area contributed by atoms with Crippen LogP contribution in [0.25, 0.3) is 0 Å². The summed E-state index contributed by atoms with van der Waals surface area (Å²) in [5.41, 5.74) is 0.669. The molecule has 2 rings (SSSR count). The maximum absolute atomic E-state index is 12.3. The lowest BCUT2D eigenvalue weighted by Crippen LogP contribution is -2.24. The third-order valence-electron chi connectivity index (χ3n) is 4.50. The molecular weight excluding hydrogens is 392 g/mol. The van der Waals surface area contributed by atoms with Crippen molar-refractivity contribution in [1.82, 2.24) is 10.6 Å². The Balaban J connectivity index is 1.59.